The fourth-order valence-corrected chi connectivity index (χ4v) is 2.45. The normalized spacial score (nSPS) is 15.3. The average Bonchev–Trinajstić information content (AvgIpc) is 2.23. The molecule has 0 N–H and O–H groups in total. The minimum Gasteiger partial charge on any atom is -0.373 e. The molecule has 1 saturated carbocycles. The van der Waals surface area contributed by atoms with Gasteiger partial charge in [0.05, 0.1) is 11.3 Å². The Bertz CT molecular complexity index is 418. The Morgan fingerprint density at radius 1 is 1.50 bits per heavy atom. The third-order valence-electron chi connectivity index (χ3n) is 3.25. The second kappa shape index (κ2) is 4.88. The summed E-state index contributed by atoms with van der Waals surface area (Å²) in [5.41, 5.74) is 1.79. The summed E-state index contributed by atoms with van der Waals surface area (Å²) in [6.07, 6.45) is 4.04. The molecule has 2 rings (SSSR count). The second-order valence-electron chi connectivity index (χ2n) is 4.45. The van der Waals surface area contributed by atoms with Crippen molar-refractivity contribution in [1.82, 2.24) is 0 Å². The molecule has 0 aliphatic heterocycles. The first-order valence-electron chi connectivity index (χ1n) is 5.61. The molecule has 1 aliphatic rings. The van der Waals surface area contributed by atoms with Crippen molar-refractivity contribution < 1.29 is 0 Å². The highest BCUT2D eigenvalue weighted by atomic mass is 79.9. The van der Waals surface area contributed by atoms with Crippen LogP contribution in [-0.4, -0.2) is 13.6 Å². The van der Waals surface area contributed by atoms with Crippen LogP contribution in [0.3, 0.4) is 0 Å². The van der Waals surface area contributed by atoms with Crippen molar-refractivity contribution in [2.24, 2.45) is 5.92 Å². The summed E-state index contributed by atoms with van der Waals surface area (Å²) in [7, 11) is 2.07. The molecule has 0 spiro atoms. The third-order valence-corrected chi connectivity index (χ3v) is 3.74. The fourth-order valence-electron chi connectivity index (χ4n) is 2.09. The summed E-state index contributed by atoms with van der Waals surface area (Å²) < 4.78 is 0.963. The fraction of sp³-hybridized carbons (Fsp3) is 0.462. The van der Waals surface area contributed by atoms with Crippen molar-refractivity contribution in [3.8, 4) is 6.07 Å². The molecule has 0 unspecified atom stereocenters. The van der Waals surface area contributed by atoms with Crippen LogP contribution in [0.5, 0.6) is 0 Å². The molecule has 0 radical (unpaired) electrons. The maximum Gasteiger partial charge on any atom is 0.101 e. The highest BCUT2D eigenvalue weighted by Crippen LogP contribution is 2.30. The number of hydrogen-bond donors (Lipinski definition) is 0. The van der Waals surface area contributed by atoms with E-state index in [0.717, 1.165) is 28.2 Å². The molecule has 1 fully saturated rings. The smallest absolute Gasteiger partial charge is 0.101 e. The number of nitriles is 1. The molecule has 3 heteroatoms. The molecule has 0 aromatic heterocycles. The van der Waals surface area contributed by atoms with E-state index in [0.29, 0.717) is 0 Å². The number of rotatable bonds is 3. The van der Waals surface area contributed by atoms with Gasteiger partial charge in [0.2, 0.25) is 0 Å². The predicted molar refractivity (Wildman–Crippen MR) is 69.5 cm³/mol. The van der Waals surface area contributed by atoms with Crippen LogP contribution in [0.15, 0.2) is 22.7 Å². The van der Waals surface area contributed by atoms with Crippen LogP contribution in [0.2, 0.25) is 0 Å². The van der Waals surface area contributed by atoms with Gasteiger partial charge in [0, 0.05) is 18.1 Å². The van der Waals surface area contributed by atoms with Crippen molar-refractivity contribution >= 4 is 21.6 Å². The van der Waals surface area contributed by atoms with Crippen molar-refractivity contribution in [2.75, 3.05) is 18.5 Å². The van der Waals surface area contributed by atoms with Crippen LogP contribution in [0.1, 0.15) is 24.8 Å². The highest BCUT2D eigenvalue weighted by Gasteiger charge is 2.20. The molecule has 16 heavy (non-hydrogen) atoms. The van der Waals surface area contributed by atoms with E-state index in [1.165, 1.54) is 19.3 Å². The molecule has 0 saturated heterocycles. The van der Waals surface area contributed by atoms with Crippen molar-refractivity contribution in [3.63, 3.8) is 0 Å². The predicted octanol–water partition coefficient (Wildman–Crippen LogP) is 3.56. The summed E-state index contributed by atoms with van der Waals surface area (Å²) in [6, 6.07) is 8.15. The lowest BCUT2D eigenvalue weighted by molar-refractivity contribution is 0.321. The lowest BCUT2D eigenvalue weighted by Crippen LogP contribution is -2.29. The largest absolute Gasteiger partial charge is 0.373 e. The van der Waals surface area contributed by atoms with E-state index >= 15 is 0 Å². The topological polar surface area (TPSA) is 27.0 Å². The molecular formula is C13H15BrN2. The molecular weight excluding hydrogens is 264 g/mol. The Morgan fingerprint density at radius 3 is 2.81 bits per heavy atom. The standard InChI is InChI=1S/C13H15BrN2/c1-16(9-10-3-2-4-10)13-6-5-12(14)7-11(13)8-15/h5-7,10H,2-4,9H2,1H3. The van der Waals surface area contributed by atoms with E-state index in [1.54, 1.807) is 0 Å². The zero-order valence-electron chi connectivity index (χ0n) is 9.41. The maximum atomic E-state index is 9.10. The van der Waals surface area contributed by atoms with Gasteiger partial charge in [-0.15, -0.1) is 0 Å². The van der Waals surface area contributed by atoms with Gasteiger partial charge in [0.1, 0.15) is 6.07 Å². The van der Waals surface area contributed by atoms with Gasteiger partial charge in [-0.1, -0.05) is 22.4 Å². The molecule has 2 nitrogen and oxygen atoms in total. The SMILES string of the molecule is CN(CC1CCC1)c1ccc(Br)cc1C#N. The zero-order chi connectivity index (χ0) is 11.5. The highest BCUT2D eigenvalue weighted by molar-refractivity contribution is 9.10. The van der Waals surface area contributed by atoms with Crippen LogP contribution >= 0.6 is 15.9 Å². The Morgan fingerprint density at radius 2 is 2.25 bits per heavy atom. The number of anilines is 1. The lowest BCUT2D eigenvalue weighted by atomic mass is 9.85. The van der Waals surface area contributed by atoms with E-state index in [2.05, 4.69) is 33.9 Å². The first-order valence-corrected chi connectivity index (χ1v) is 6.41. The maximum absolute atomic E-state index is 9.10. The van der Waals surface area contributed by atoms with E-state index in [1.807, 2.05) is 18.2 Å². The van der Waals surface area contributed by atoms with Crippen LogP contribution in [0.4, 0.5) is 5.69 Å². The molecule has 84 valence electrons. The molecule has 0 amide bonds. The second-order valence-corrected chi connectivity index (χ2v) is 5.37. The summed E-state index contributed by atoms with van der Waals surface area (Å²) in [5.74, 6) is 0.820. The molecule has 1 aliphatic carbocycles. The van der Waals surface area contributed by atoms with Gasteiger partial charge >= 0.3 is 0 Å². The monoisotopic (exact) mass is 278 g/mol. The van der Waals surface area contributed by atoms with Gasteiger partial charge in [-0.05, 0) is 37.0 Å². The molecule has 0 atom stereocenters. The third kappa shape index (κ3) is 2.38. The first-order chi connectivity index (χ1) is 7.70. The van der Waals surface area contributed by atoms with Crippen LogP contribution < -0.4 is 4.90 Å². The number of hydrogen-bond acceptors (Lipinski definition) is 2. The lowest BCUT2D eigenvalue weighted by Gasteiger charge is -2.31. The summed E-state index contributed by atoms with van der Waals surface area (Å²) in [4.78, 5) is 2.20. The van der Waals surface area contributed by atoms with E-state index in [9.17, 15) is 0 Å². The average molecular weight is 279 g/mol. The van der Waals surface area contributed by atoms with Crippen molar-refractivity contribution in [2.45, 2.75) is 19.3 Å². The van der Waals surface area contributed by atoms with Gasteiger partial charge < -0.3 is 4.90 Å². The Kier molecular flexibility index (Phi) is 3.50. The van der Waals surface area contributed by atoms with Gasteiger partial charge in [-0.3, -0.25) is 0 Å². The molecule has 1 aromatic rings. The van der Waals surface area contributed by atoms with Gasteiger partial charge in [0.15, 0.2) is 0 Å². The van der Waals surface area contributed by atoms with E-state index in [-0.39, 0.29) is 0 Å². The summed E-state index contributed by atoms with van der Waals surface area (Å²) >= 11 is 3.39. The van der Waals surface area contributed by atoms with E-state index < -0.39 is 0 Å². The van der Waals surface area contributed by atoms with Gasteiger partial charge in [-0.2, -0.15) is 5.26 Å². The number of halogens is 1. The number of benzene rings is 1. The van der Waals surface area contributed by atoms with Gasteiger partial charge in [0.25, 0.3) is 0 Å². The Hall–Kier alpha value is -1.01. The minimum atomic E-state index is 0.746. The van der Waals surface area contributed by atoms with Crippen molar-refractivity contribution in [1.29, 1.82) is 5.26 Å². The Labute approximate surface area is 105 Å². The van der Waals surface area contributed by atoms with Crippen LogP contribution in [0.25, 0.3) is 0 Å². The first kappa shape index (κ1) is 11.5. The summed E-state index contributed by atoms with van der Waals surface area (Å²) in [5, 5.41) is 9.10. The van der Waals surface area contributed by atoms with E-state index in [4.69, 9.17) is 5.26 Å². The van der Waals surface area contributed by atoms with Crippen LogP contribution in [-0.2, 0) is 0 Å². The number of nitrogens with zero attached hydrogens (tertiary/aromatic N) is 2. The molecule has 0 bridgehead atoms. The Balaban J connectivity index is 2.15. The van der Waals surface area contributed by atoms with Crippen molar-refractivity contribution in [3.05, 3.63) is 28.2 Å². The minimum absolute atomic E-state index is 0.746. The van der Waals surface area contributed by atoms with Gasteiger partial charge in [-0.25, -0.2) is 0 Å². The van der Waals surface area contributed by atoms with Crippen LogP contribution in [0, 0.1) is 17.2 Å². The zero-order valence-corrected chi connectivity index (χ0v) is 11.0. The summed E-state index contributed by atoms with van der Waals surface area (Å²) in [6.45, 7) is 1.07. The molecule has 0 heterocycles. The molecule has 1 aromatic carbocycles. The quantitative estimate of drug-likeness (QED) is 0.846.